The predicted octanol–water partition coefficient (Wildman–Crippen LogP) is 1.06. The second-order valence-corrected chi connectivity index (χ2v) is 2.24. The van der Waals surface area contributed by atoms with Crippen molar-refractivity contribution in [1.29, 1.82) is 0 Å². The summed E-state index contributed by atoms with van der Waals surface area (Å²) in [6.07, 6.45) is 1.48. The Labute approximate surface area is 74.1 Å². The molecule has 0 aliphatic rings. The Bertz CT molecular complexity index is 348. The van der Waals surface area contributed by atoms with Crippen molar-refractivity contribution in [3.63, 3.8) is 0 Å². The summed E-state index contributed by atoms with van der Waals surface area (Å²) < 4.78 is 4.79. The van der Waals surface area contributed by atoms with E-state index in [0.717, 1.165) is 0 Å². The average molecular weight is 180 g/mol. The molecule has 0 aliphatic carbocycles. The van der Waals surface area contributed by atoms with Gasteiger partial charge in [-0.15, -0.1) is 0 Å². The van der Waals surface area contributed by atoms with Crippen molar-refractivity contribution >= 4 is 12.0 Å². The SMILES string of the molecule is COc1ccc([N+](=O)[O-])c([C]=O)c1. The van der Waals surface area contributed by atoms with Gasteiger partial charge in [-0.25, -0.2) is 0 Å². The molecule has 0 heterocycles. The first-order valence-electron chi connectivity index (χ1n) is 3.39. The molecular weight excluding hydrogens is 174 g/mol. The minimum Gasteiger partial charge on any atom is -0.497 e. The molecule has 1 rings (SSSR count). The summed E-state index contributed by atoms with van der Waals surface area (Å²) in [5, 5.41) is 10.4. The molecule has 0 bridgehead atoms. The van der Waals surface area contributed by atoms with Crippen LogP contribution in [-0.4, -0.2) is 18.3 Å². The van der Waals surface area contributed by atoms with Crippen LogP contribution in [0.25, 0.3) is 0 Å². The number of ether oxygens (including phenoxy) is 1. The monoisotopic (exact) mass is 180 g/mol. The van der Waals surface area contributed by atoms with Crippen molar-refractivity contribution < 1.29 is 14.5 Å². The molecule has 0 saturated heterocycles. The Balaban J connectivity index is 3.23. The summed E-state index contributed by atoms with van der Waals surface area (Å²) >= 11 is 0. The number of nitrogens with zero attached hydrogens (tertiary/aromatic N) is 1. The van der Waals surface area contributed by atoms with Crippen LogP contribution in [0.2, 0.25) is 0 Å². The molecule has 1 aromatic carbocycles. The van der Waals surface area contributed by atoms with Gasteiger partial charge >= 0.3 is 0 Å². The zero-order valence-corrected chi connectivity index (χ0v) is 6.81. The fourth-order valence-electron chi connectivity index (χ4n) is 0.883. The summed E-state index contributed by atoms with van der Waals surface area (Å²) in [5.74, 6) is 0.393. The zero-order chi connectivity index (χ0) is 9.84. The smallest absolute Gasteiger partial charge is 0.280 e. The highest BCUT2D eigenvalue weighted by molar-refractivity contribution is 5.82. The Morgan fingerprint density at radius 1 is 1.54 bits per heavy atom. The summed E-state index contributed by atoms with van der Waals surface area (Å²) in [7, 11) is 1.41. The van der Waals surface area contributed by atoms with E-state index in [1.54, 1.807) is 0 Å². The predicted molar refractivity (Wildman–Crippen MR) is 44.4 cm³/mol. The standard InChI is InChI=1S/C8H6NO4/c1-13-7-2-3-8(9(11)12)6(4-7)5-10/h2-4H,1H3. The van der Waals surface area contributed by atoms with Crippen LogP contribution >= 0.6 is 0 Å². The number of methoxy groups -OCH3 is 1. The van der Waals surface area contributed by atoms with Crippen LogP contribution in [0.15, 0.2) is 18.2 Å². The van der Waals surface area contributed by atoms with E-state index < -0.39 is 4.92 Å². The van der Waals surface area contributed by atoms with Crippen molar-refractivity contribution in [1.82, 2.24) is 0 Å². The maximum Gasteiger partial charge on any atom is 0.280 e. The summed E-state index contributed by atoms with van der Waals surface area (Å²) in [6.45, 7) is 0. The molecule has 0 N–H and O–H groups in total. The van der Waals surface area contributed by atoms with Crippen molar-refractivity contribution in [3.8, 4) is 5.75 Å². The Morgan fingerprint density at radius 2 is 2.23 bits per heavy atom. The van der Waals surface area contributed by atoms with Crippen LogP contribution in [0.5, 0.6) is 5.75 Å². The number of hydrogen-bond acceptors (Lipinski definition) is 4. The maximum absolute atomic E-state index is 10.4. The molecular formula is C8H6NO4. The molecule has 0 aliphatic heterocycles. The molecule has 0 saturated carbocycles. The van der Waals surface area contributed by atoms with Crippen LogP contribution in [0.4, 0.5) is 5.69 Å². The normalized spacial score (nSPS) is 9.31. The highest BCUT2D eigenvalue weighted by Gasteiger charge is 2.13. The molecule has 0 amide bonds. The molecule has 5 nitrogen and oxygen atoms in total. The number of nitro groups is 1. The highest BCUT2D eigenvalue weighted by Crippen LogP contribution is 2.21. The van der Waals surface area contributed by atoms with E-state index in [4.69, 9.17) is 4.74 Å². The fraction of sp³-hybridized carbons (Fsp3) is 0.125. The quantitative estimate of drug-likeness (QED) is 0.515. The third-order valence-corrected chi connectivity index (χ3v) is 1.51. The topological polar surface area (TPSA) is 69.4 Å². The first-order chi connectivity index (χ1) is 6.19. The fourth-order valence-corrected chi connectivity index (χ4v) is 0.883. The van der Waals surface area contributed by atoms with Gasteiger partial charge in [0.15, 0.2) is 0 Å². The Morgan fingerprint density at radius 3 is 2.69 bits per heavy atom. The van der Waals surface area contributed by atoms with E-state index in [9.17, 15) is 14.9 Å². The lowest BCUT2D eigenvalue weighted by atomic mass is 10.2. The van der Waals surface area contributed by atoms with Crippen LogP contribution in [0.3, 0.4) is 0 Å². The summed E-state index contributed by atoms with van der Waals surface area (Å²) in [4.78, 5) is 20.0. The number of benzene rings is 1. The summed E-state index contributed by atoms with van der Waals surface area (Å²) in [5.41, 5.74) is -0.375. The third kappa shape index (κ3) is 1.81. The number of carbonyl (C=O) groups excluding carboxylic acids is 1. The van der Waals surface area contributed by atoms with E-state index in [0.29, 0.717) is 5.75 Å². The second-order valence-electron chi connectivity index (χ2n) is 2.24. The average Bonchev–Trinajstić information content (AvgIpc) is 2.16. The van der Waals surface area contributed by atoms with Crippen molar-refractivity contribution in [2.45, 2.75) is 0 Å². The van der Waals surface area contributed by atoms with Crippen LogP contribution in [-0.2, 0) is 4.79 Å². The van der Waals surface area contributed by atoms with Gasteiger partial charge in [-0.2, -0.15) is 0 Å². The second kappa shape index (κ2) is 3.66. The van der Waals surface area contributed by atoms with E-state index in [2.05, 4.69) is 0 Å². The lowest BCUT2D eigenvalue weighted by Gasteiger charge is -1.99. The van der Waals surface area contributed by atoms with Gasteiger partial charge in [0.2, 0.25) is 6.29 Å². The molecule has 5 heteroatoms. The van der Waals surface area contributed by atoms with Crippen LogP contribution in [0.1, 0.15) is 5.56 Å². The van der Waals surface area contributed by atoms with Crippen molar-refractivity contribution in [2.24, 2.45) is 0 Å². The zero-order valence-electron chi connectivity index (χ0n) is 6.81. The van der Waals surface area contributed by atoms with Gasteiger partial charge in [0.1, 0.15) is 11.3 Å². The van der Waals surface area contributed by atoms with Crippen molar-refractivity contribution in [2.75, 3.05) is 7.11 Å². The number of rotatable bonds is 3. The lowest BCUT2D eigenvalue weighted by Crippen LogP contribution is -1.95. The summed E-state index contributed by atoms with van der Waals surface area (Å²) in [6, 6.07) is 3.89. The molecule has 0 unspecified atom stereocenters. The van der Waals surface area contributed by atoms with Gasteiger partial charge in [0.25, 0.3) is 5.69 Å². The minimum atomic E-state index is -0.639. The highest BCUT2D eigenvalue weighted by atomic mass is 16.6. The van der Waals surface area contributed by atoms with Gasteiger partial charge in [-0.05, 0) is 12.1 Å². The Kier molecular flexibility index (Phi) is 2.59. The molecule has 13 heavy (non-hydrogen) atoms. The molecule has 0 atom stereocenters. The third-order valence-electron chi connectivity index (χ3n) is 1.51. The number of nitro benzene ring substituents is 1. The molecule has 67 valence electrons. The minimum absolute atomic E-state index is 0.107. The van der Waals surface area contributed by atoms with E-state index >= 15 is 0 Å². The molecule has 0 aromatic heterocycles. The molecule has 0 spiro atoms. The van der Waals surface area contributed by atoms with E-state index in [1.165, 1.54) is 31.6 Å². The lowest BCUT2D eigenvalue weighted by molar-refractivity contribution is -0.385. The van der Waals surface area contributed by atoms with Gasteiger partial charge in [0, 0.05) is 6.07 Å². The van der Waals surface area contributed by atoms with Gasteiger partial charge < -0.3 is 4.74 Å². The van der Waals surface area contributed by atoms with E-state index in [-0.39, 0.29) is 11.3 Å². The maximum atomic E-state index is 10.4. The van der Waals surface area contributed by atoms with Gasteiger partial charge in [-0.1, -0.05) is 0 Å². The van der Waals surface area contributed by atoms with Crippen LogP contribution < -0.4 is 4.74 Å². The van der Waals surface area contributed by atoms with E-state index in [1.807, 2.05) is 0 Å². The first-order valence-corrected chi connectivity index (χ1v) is 3.39. The van der Waals surface area contributed by atoms with Gasteiger partial charge in [0.05, 0.1) is 12.0 Å². The molecule has 1 radical (unpaired) electrons. The number of hydrogen-bond donors (Lipinski definition) is 0. The van der Waals surface area contributed by atoms with Gasteiger partial charge in [-0.3, -0.25) is 14.9 Å². The first kappa shape index (κ1) is 9.18. The molecule has 1 aromatic rings. The van der Waals surface area contributed by atoms with Crippen molar-refractivity contribution in [3.05, 3.63) is 33.9 Å². The van der Waals surface area contributed by atoms with Crippen LogP contribution in [0, 0.1) is 10.1 Å². The molecule has 0 fully saturated rings. The Hall–Kier alpha value is -1.91. The largest absolute Gasteiger partial charge is 0.497 e.